The predicted octanol–water partition coefficient (Wildman–Crippen LogP) is 3.43. The molecule has 0 radical (unpaired) electrons. The molecule has 0 saturated carbocycles. The molecule has 0 aromatic heterocycles. The van der Waals surface area contributed by atoms with Crippen molar-refractivity contribution in [1.82, 2.24) is 5.32 Å². The second kappa shape index (κ2) is 6.64. The smallest absolute Gasteiger partial charge is 0.383 e. The van der Waals surface area contributed by atoms with Crippen molar-refractivity contribution in [1.29, 1.82) is 0 Å². The molecule has 102 valence electrons. The largest absolute Gasteiger partial charge is 0.418 e. The molecule has 2 nitrogen and oxygen atoms in total. The number of benzene rings is 1. The van der Waals surface area contributed by atoms with E-state index in [0.29, 0.717) is 13.1 Å². The van der Waals surface area contributed by atoms with Gasteiger partial charge in [0, 0.05) is 18.8 Å². The summed E-state index contributed by atoms with van der Waals surface area (Å²) in [6, 6.07) is 4.57. The summed E-state index contributed by atoms with van der Waals surface area (Å²) in [4.78, 5) is 0. The monoisotopic (exact) mass is 260 g/mol. The van der Waals surface area contributed by atoms with Crippen LogP contribution in [0.15, 0.2) is 18.2 Å². The first kappa shape index (κ1) is 14.8. The molecular formula is C13H19F3N2. The van der Waals surface area contributed by atoms with Crippen molar-refractivity contribution >= 4 is 5.69 Å². The first-order valence-corrected chi connectivity index (χ1v) is 6.08. The van der Waals surface area contributed by atoms with Crippen molar-refractivity contribution in [3.63, 3.8) is 0 Å². The van der Waals surface area contributed by atoms with Gasteiger partial charge < -0.3 is 10.6 Å². The van der Waals surface area contributed by atoms with E-state index in [1.165, 1.54) is 19.1 Å². The topological polar surface area (TPSA) is 24.1 Å². The number of alkyl halides is 3. The number of anilines is 1. The molecule has 1 aromatic carbocycles. The van der Waals surface area contributed by atoms with Crippen molar-refractivity contribution in [2.75, 3.05) is 25.0 Å². The summed E-state index contributed by atoms with van der Waals surface area (Å²) >= 11 is 0. The average molecular weight is 260 g/mol. The summed E-state index contributed by atoms with van der Waals surface area (Å²) in [6.07, 6.45) is -3.30. The zero-order valence-electron chi connectivity index (χ0n) is 10.7. The average Bonchev–Trinajstić information content (AvgIpc) is 2.27. The minimum atomic E-state index is -4.31. The van der Waals surface area contributed by atoms with Crippen LogP contribution in [0.2, 0.25) is 0 Å². The number of hydrogen-bond donors (Lipinski definition) is 2. The molecule has 1 aromatic rings. The van der Waals surface area contributed by atoms with Gasteiger partial charge in [-0.15, -0.1) is 0 Å². The lowest BCUT2D eigenvalue weighted by Crippen LogP contribution is -2.23. The summed E-state index contributed by atoms with van der Waals surface area (Å²) < 4.78 is 38.7. The van der Waals surface area contributed by atoms with Gasteiger partial charge in [0.25, 0.3) is 0 Å². The lowest BCUT2D eigenvalue weighted by Gasteiger charge is -2.17. The first-order chi connectivity index (χ1) is 8.46. The summed E-state index contributed by atoms with van der Waals surface area (Å²) in [5.41, 5.74) is -0.171. The Balaban J connectivity index is 2.68. The van der Waals surface area contributed by atoms with Gasteiger partial charge in [0.05, 0.1) is 5.56 Å². The quantitative estimate of drug-likeness (QED) is 0.766. The molecule has 0 spiro atoms. The van der Waals surface area contributed by atoms with Crippen LogP contribution in [-0.2, 0) is 6.18 Å². The maximum Gasteiger partial charge on any atom is 0.418 e. The molecule has 0 bridgehead atoms. The summed E-state index contributed by atoms with van der Waals surface area (Å²) in [5.74, 6) is 0. The fraction of sp³-hybridized carbons (Fsp3) is 0.538. The molecule has 0 atom stereocenters. The van der Waals surface area contributed by atoms with Gasteiger partial charge in [-0.05, 0) is 31.5 Å². The lowest BCUT2D eigenvalue weighted by molar-refractivity contribution is -0.137. The van der Waals surface area contributed by atoms with Crippen LogP contribution in [0.4, 0.5) is 18.9 Å². The minimum Gasteiger partial charge on any atom is -0.383 e. The molecule has 0 saturated heterocycles. The van der Waals surface area contributed by atoms with Crippen LogP contribution in [0.25, 0.3) is 0 Å². The highest BCUT2D eigenvalue weighted by atomic mass is 19.4. The highest BCUT2D eigenvalue weighted by Gasteiger charge is 2.34. The molecule has 0 amide bonds. The van der Waals surface area contributed by atoms with E-state index in [1.807, 2.05) is 6.92 Å². The Labute approximate surface area is 106 Å². The molecule has 0 fully saturated rings. The maximum atomic E-state index is 12.9. The third-order valence-electron chi connectivity index (χ3n) is 2.60. The van der Waals surface area contributed by atoms with E-state index >= 15 is 0 Å². The second-order valence-corrected chi connectivity index (χ2v) is 4.17. The van der Waals surface area contributed by atoms with Crippen LogP contribution in [0.5, 0.6) is 0 Å². The van der Waals surface area contributed by atoms with Crippen molar-refractivity contribution in [2.45, 2.75) is 26.4 Å². The Morgan fingerprint density at radius 2 is 1.83 bits per heavy atom. The van der Waals surface area contributed by atoms with Crippen molar-refractivity contribution in [3.05, 3.63) is 29.3 Å². The van der Waals surface area contributed by atoms with Crippen LogP contribution >= 0.6 is 0 Å². The van der Waals surface area contributed by atoms with Gasteiger partial charge in [-0.3, -0.25) is 0 Å². The van der Waals surface area contributed by atoms with Crippen LogP contribution in [-0.4, -0.2) is 19.6 Å². The van der Waals surface area contributed by atoms with E-state index in [2.05, 4.69) is 10.6 Å². The highest BCUT2D eigenvalue weighted by molar-refractivity contribution is 5.56. The van der Waals surface area contributed by atoms with E-state index in [-0.39, 0.29) is 11.3 Å². The molecule has 0 unspecified atom stereocenters. The summed E-state index contributed by atoms with van der Waals surface area (Å²) in [5, 5.41) is 5.97. The highest BCUT2D eigenvalue weighted by Crippen LogP contribution is 2.36. The zero-order chi connectivity index (χ0) is 13.6. The molecule has 2 N–H and O–H groups in total. The van der Waals surface area contributed by atoms with Gasteiger partial charge >= 0.3 is 6.18 Å². The van der Waals surface area contributed by atoms with E-state index in [1.54, 1.807) is 6.07 Å². The molecular weight excluding hydrogens is 241 g/mol. The zero-order valence-corrected chi connectivity index (χ0v) is 10.7. The van der Waals surface area contributed by atoms with E-state index in [4.69, 9.17) is 0 Å². The number of aryl methyl sites for hydroxylation is 1. The Morgan fingerprint density at radius 1 is 1.11 bits per heavy atom. The normalized spacial score (nSPS) is 11.6. The number of nitrogens with one attached hydrogen (secondary N) is 2. The molecule has 0 aliphatic heterocycles. The summed E-state index contributed by atoms with van der Waals surface area (Å²) in [7, 11) is 0. The van der Waals surface area contributed by atoms with Gasteiger partial charge in [-0.25, -0.2) is 0 Å². The Bertz CT molecular complexity index is 375. The van der Waals surface area contributed by atoms with Gasteiger partial charge in [-0.1, -0.05) is 19.1 Å². The Morgan fingerprint density at radius 3 is 2.44 bits per heavy atom. The van der Waals surface area contributed by atoms with Gasteiger partial charge in [0.2, 0.25) is 0 Å². The van der Waals surface area contributed by atoms with Gasteiger partial charge in [0.1, 0.15) is 0 Å². The first-order valence-electron chi connectivity index (χ1n) is 6.08. The number of halogens is 3. The van der Waals surface area contributed by atoms with E-state index < -0.39 is 11.7 Å². The fourth-order valence-corrected chi connectivity index (χ4v) is 1.78. The van der Waals surface area contributed by atoms with Crippen LogP contribution in [0.1, 0.15) is 24.5 Å². The van der Waals surface area contributed by atoms with Gasteiger partial charge in [0.15, 0.2) is 0 Å². The van der Waals surface area contributed by atoms with Crippen molar-refractivity contribution in [2.24, 2.45) is 0 Å². The SMILES string of the molecule is CCCNCCNc1cccc(C)c1C(F)(F)F. The van der Waals surface area contributed by atoms with E-state index in [0.717, 1.165) is 13.0 Å². The Hall–Kier alpha value is -1.23. The van der Waals surface area contributed by atoms with Crippen LogP contribution in [0.3, 0.4) is 0 Å². The van der Waals surface area contributed by atoms with Crippen molar-refractivity contribution < 1.29 is 13.2 Å². The molecule has 1 rings (SSSR count). The molecule has 0 heterocycles. The molecule has 18 heavy (non-hydrogen) atoms. The second-order valence-electron chi connectivity index (χ2n) is 4.17. The van der Waals surface area contributed by atoms with Crippen LogP contribution < -0.4 is 10.6 Å². The molecule has 5 heteroatoms. The van der Waals surface area contributed by atoms with Crippen molar-refractivity contribution in [3.8, 4) is 0 Å². The predicted molar refractivity (Wildman–Crippen MR) is 67.8 cm³/mol. The van der Waals surface area contributed by atoms with E-state index in [9.17, 15) is 13.2 Å². The third kappa shape index (κ3) is 4.22. The minimum absolute atomic E-state index is 0.154. The molecule has 0 aliphatic carbocycles. The standard InChI is InChI=1S/C13H19F3N2/c1-3-7-17-8-9-18-11-6-4-5-10(2)12(11)13(14,15)16/h4-6,17-18H,3,7-9H2,1-2H3. The number of rotatable bonds is 6. The van der Waals surface area contributed by atoms with Gasteiger partial charge in [-0.2, -0.15) is 13.2 Å². The van der Waals surface area contributed by atoms with Crippen LogP contribution in [0, 0.1) is 6.92 Å². The Kier molecular flexibility index (Phi) is 5.47. The molecule has 0 aliphatic rings. The third-order valence-corrected chi connectivity index (χ3v) is 2.60. The fourth-order valence-electron chi connectivity index (χ4n) is 1.78. The number of hydrogen-bond acceptors (Lipinski definition) is 2. The lowest BCUT2D eigenvalue weighted by atomic mass is 10.1. The maximum absolute atomic E-state index is 12.9. The summed E-state index contributed by atoms with van der Waals surface area (Å²) in [6.45, 7) is 5.53.